The minimum absolute atomic E-state index is 0.0405. The van der Waals surface area contributed by atoms with Gasteiger partial charge in [-0.3, -0.25) is 0 Å². The summed E-state index contributed by atoms with van der Waals surface area (Å²) in [4.78, 5) is -0.339. The van der Waals surface area contributed by atoms with E-state index in [2.05, 4.69) is 31.9 Å². The SMILES string of the molecule is Fc1cc(C(Br)C2COc3ccccc32)c(F)cc1Br. The summed E-state index contributed by atoms with van der Waals surface area (Å²) in [6.45, 7) is 0.451. The Balaban J connectivity index is 1.98. The number of para-hydroxylation sites is 1. The molecule has 2 aromatic carbocycles. The van der Waals surface area contributed by atoms with E-state index in [-0.39, 0.29) is 15.2 Å². The number of benzene rings is 2. The van der Waals surface area contributed by atoms with Crippen LogP contribution in [0.2, 0.25) is 0 Å². The zero-order chi connectivity index (χ0) is 14.3. The Labute approximate surface area is 132 Å². The van der Waals surface area contributed by atoms with E-state index in [1.807, 2.05) is 24.3 Å². The van der Waals surface area contributed by atoms with Crippen molar-refractivity contribution in [3.63, 3.8) is 0 Å². The fourth-order valence-electron chi connectivity index (χ4n) is 2.40. The molecule has 3 rings (SSSR count). The standard InChI is InChI=1S/C15H10Br2F2O/c16-11-6-12(18)9(5-13(11)19)15(17)10-7-20-14-4-2-1-3-8(10)14/h1-6,10,15H,7H2. The highest BCUT2D eigenvalue weighted by molar-refractivity contribution is 9.10. The van der Waals surface area contributed by atoms with Crippen LogP contribution in [0.3, 0.4) is 0 Å². The lowest BCUT2D eigenvalue weighted by molar-refractivity contribution is 0.328. The molecule has 0 radical (unpaired) electrons. The lowest BCUT2D eigenvalue weighted by Crippen LogP contribution is -2.09. The third-order valence-electron chi connectivity index (χ3n) is 3.43. The Morgan fingerprint density at radius 3 is 2.70 bits per heavy atom. The van der Waals surface area contributed by atoms with Gasteiger partial charge in [-0.1, -0.05) is 34.1 Å². The highest BCUT2D eigenvalue weighted by Gasteiger charge is 2.32. The number of hydrogen-bond donors (Lipinski definition) is 0. The number of rotatable bonds is 2. The van der Waals surface area contributed by atoms with Crippen LogP contribution in [0, 0.1) is 11.6 Å². The van der Waals surface area contributed by atoms with Crippen molar-refractivity contribution < 1.29 is 13.5 Å². The predicted molar refractivity (Wildman–Crippen MR) is 80.4 cm³/mol. The van der Waals surface area contributed by atoms with Crippen molar-refractivity contribution in [1.29, 1.82) is 0 Å². The lowest BCUT2D eigenvalue weighted by atomic mass is 9.93. The molecule has 0 bridgehead atoms. The van der Waals surface area contributed by atoms with Crippen molar-refractivity contribution >= 4 is 31.9 Å². The van der Waals surface area contributed by atoms with Gasteiger partial charge >= 0.3 is 0 Å². The second kappa shape index (κ2) is 5.45. The quantitative estimate of drug-likeness (QED) is 0.485. The van der Waals surface area contributed by atoms with Gasteiger partial charge in [-0.2, -0.15) is 0 Å². The van der Waals surface area contributed by atoms with E-state index in [9.17, 15) is 8.78 Å². The van der Waals surface area contributed by atoms with Crippen LogP contribution >= 0.6 is 31.9 Å². The van der Waals surface area contributed by atoms with Gasteiger partial charge in [0.15, 0.2) is 0 Å². The number of ether oxygens (including phenoxy) is 1. The minimum atomic E-state index is -0.474. The summed E-state index contributed by atoms with van der Waals surface area (Å²) < 4.78 is 33.4. The summed E-state index contributed by atoms with van der Waals surface area (Å²) in [6, 6.07) is 10.0. The molecule has 0 aliphatic carbocycles. The predicted octanol–water partition coefficient (Wildman–Crippen LogP) is 5.34. The summed E-state index contributed by atoms with van der Waals surface area (Å²) >= 11 is 6.47. The van der Waals surface area contributed by atoms with Gasteiger partial charge in [0.1, 0.15) is 17.4 Å². The molecule has 1 heterocycles. The summed E-state index contributed by atoms with van der Waals surface area (Å²) in [6.07, 6.45) is 0. The maximum atomic E-state index is 14.0. The van der Waals surface area contributed by atoms with Crippen LogP contribution in [0.1, 0.15) is 21.9 Å². The van der Waals surface area contributed by atoms with Gasteiger partial charge in [0.05, 0.1) is 15.9 Å². The fraction of sp³-hybridized carbons (Fsp3) is 0.200. The van der Waals surface area contributed by atoms with E-state index in [0.717, 1.165) is 17.4 Å². The number of hydrogen-bond acceptors (Lipinski definition) is 1. The molecule has 104 valence electrons. The first-order valence-corrected chi connectivity index (χ1v) is 7.79. The zero-order valence-electron chi connectivity index (χ0n) is 10.2. The van der Waals surface area contributed by atoms with E-state index in [0.29, 0.717) is 12.2 Å². The Bertz CT molecular complexity index is 660. The minimum Gasteiger partial charge on any atom is -0.493 e. The second-order valence-corrected chi connectivity index (χ2v) is 6.49. The molecule has 0 fully saturated rings. The van der Waals surface area contributed by atoms with Crippen LogP contribution in [0.4, 0.5) is 8.78 Å². The van der Waals surface area contributed by atoms with Crippen LogP contribution in [-0.2, 0) is 0 Å². The van der Waals surface area contributed by atoms with Gasteiger partial charge < -0.3 is 4.74 Å². The molecule has 1 nitrogen and oxygen atoms in total. The summed E-state index contributed by atoms with van der Waals surface area (Å²) in [5.74, 6) is -0.149. The lowest BCUT2D eigenvalue weighted by Gasteiger charge is -2.18. The van der Waals surface area contributed by atoms with Gasteiger partial charge in [-0.25, -0.2) is 8.78 Å². The summed E-state index contributed by atoms with van der Waals surface area (Å²) in [5, 5.41) is 0. The number of halogens is 4. The van der Waals surface area contributed by atoms with Crippen molar-refractivity contribution in [3.05, 3.63) is 63.6 Å². The molecular formula is C15H10Br2F2O. The molecule has 0 saturated carbocycles. The Kier molecular flexibility index (Phi) is 3.82. The normalized spacial score (nSPS) is 18.5. The molecule has 2 unspecified atom stereocenters. The monoisotopic (exact) mass is 402 g/mol. The van der Waals surface area contributed by atoms with E-state index in [1.165, 1.54) is 6.07 Å². The first-order valence-electron chi connectivity index (χ1n) is 6.08. The Hall–Kier alpha value is -0.940. The van der Waals surface area contributed by atoms with Crippen LogP contribution < -0.4 is 4.74 Å². The van der Waals surface area contributed by atoms with Gasteiger partial charge in [0, 0.05) is 17.0 Å². The van der Waals surface area contributed by atoms with E-state index >= 15 is 0 Å². The van der Waals surface area contributed by atoms with Crippen LogP contribution in [0.25, 0.3) is 0 Å². The molecule has 2 aromatic rings. The van der Waals surface area contributed by atoms with Crippen LogP contribution in [0.5, 0.6) is 5.75 Å². The molecule has 1 aliphatic rings. The van der Waals surface area contributed by atoms with Gasteiger partial charge in [-0.05, 0) is 34.1 Å². The molecule has 0 amide bonds. The third-order valence-corrected chi connectivity index (χ3v) is 5.17. The van der Waals surface area contributed by atoms with Crippen molar-refractivity contribution in [2.75, 3.05) is 6.61 Å². The Morgan fingerprint density at radius 2 is 1.90 bits per heavy atom. The first-order chi connectivity index (χ1) is 9.58. The molecule has 2 atom stereocenters. The second-order valence-electron chi connectivity index (χ2n) is 4.64. The molecule has 20 heavy (non-hydrogen) atoms. The van der Waals surface area contributed by atoms with Crippen LogP contribution in [-0.4, -0.2) is 6.61 Å². The maximum Gasteiger partial charge on any atom is 0.137 e. The largest absolute Gasteiger partial charge is 0.493 e. The maximum absolute atomic E-state index is 14.0. The van der Waals surface area contributed by atoms with Crippen molar-refractivity contribution in [1.82, 2.24) is 0 Å². The smallest absolute Gasteiger partial charge is 0.137 e. The first kappa shape index (κ1) is 14.0. The molecule has 0 spiro atoms. The van der Waals surface area contributed by atoms with E-state index in [4.69, 9.17) is 4.74 Å². The Morgan fingerprint density at radius 1 is 1.15 bits per heavy atom. The van der Waals surface area contributed by atoms with Gasteiger partial charge in [0.2, 0.25) is 0 Å². The van der Waals surface area contributed by atoms with Crippen molar-refractivity contribution in [2.45, 2.75) is 10.7 Å². The molecule has 1 aliphatic heterocycles. The third kappa shape index (κ3) is 2.37. The van der Waals surface area contributed by atoms with E-state index < -0.39 is 11.6 Å². The molecule has 0 N–H and O–H groups in total. The average Bonchev–Trinajstić information content (AvgIpc) is 2.86. The number of alkyl halides is 1. The highest BCUT2D eigenvalue weighted by atomic mass is 79.9. The topological polar surface area (TPSA) is 9.23 Å². The highest BCUT2D eigenvalue weighted by Crippen LogP contribution is 2.46. The van der Waals surface area contributed by atoms with Gasteiger partial charge in [-0.15, -0.1) is 0 Å². The molecule has 0 aromatic heterocycles. The van der Waals surface area contributed by atoms with Crippen molar-refractivity contribution in [3.8, 4) is 5.75 Å². The average molecular weight is 404 g/mol. The van der Waals surface area contributed by atoms with Gasteiger partial charge in [0.25, 0.3) is 0 Å². The molecular weight excluding hydrogens is 394 g/mol. The molecule has 5 heteroatoms. The summed E-state index contributed by atoms with van der Waals surface area (Å²) in [7, 11) is 0. The summed E-state index contributed by atoms with van der Waals surface area (Å²) in [5.41, 5.74) is 1.31. The fourth-order valence-corrected chi connectivity index (χ4v) is 3.50. The molecule has 0 saturated heterocycles. The van der Waals surface area contributed by atoms with Crippen molar-refractivity contribution in [2.24, 2.45) is 0 Å². The van der Waals surface area contributed by atoms with Crippen LogP contribution in [0.15, 0.2) is 40.9 Å². The zero-order valence-corrected chi connectivity index (χ0v) is 13.4. The van der Waals surface area contributed by atoms with E-state index in [1.54, 1.807) is 0 Å². The number of fused-ring (bicyclic) bond motifs is 1.